The summed E-state index contributed by atoms with van der Waals surface area (Å²) in [6.45, 7) is 0.477. The largest absolute Gasteiger partial charge is 0.343 e. The number of hydrogen-bond acceptors (Lipinski definition) is 3. The van der Waals surface area contributed by atoms with Crippen LogP contribution in [0.15, 0.2) is 47.4 Å². The van der Waals surface area contributed by atoms with Crippen molar-refractivity contribution in [3.05, 3.63) is 58.6 Å². The number of nitrogens with zero attached hydrogens (tertiary/aromatic N) is 3. The second kappa shape index (κ2) is 4.33. The summed E-state index contributed by atoms with van der Waals surface area (Å²) in [5.74, 6) is 0.557. The van der Waals surface area contributed by atoms with Crippen LogP contribution in [-0.4, -0.2) is 25.0 Å². The molecule has 0 saturated carbocycles. The molecule has 0 spiro atoms. The highest BCUT2D eigenvalue weighted by Crippen LogP contribution is 2.12. The fourth-order valence-electron chi connectivity index (χ4n) is 1.82. The van der Waals surface area contributed by atoms with Crippen LogP contribution >= 0.6 is 0 Å². The van der Waals surface area contributed by atoms with Gasteiger partial charge in [0.2, 0.25) is 0 Å². The SMILES string of the molecule is O=c1[nH]nc(-c2ccn[nH]2)n1Cc1ccccc1. The molecule has 0 atom stereocenters. The average Bonchev–Trinajstić information content (AvgIpc) is 3.02. The quantitative estimate of drug-likeness (QED) is 0.718. The van der Waals surface area contributed by atoms with Gasteiger partial charge in [0, 0.05) is 6.20 Å². The Bertz CT molecular complexity index is 681. The van der Waals surface area contributed by atoms with Crippen molar-refractivity contribution < 1.29 is 0 Å². The van der Waals surface area contributed by atoms with Crippen LogP contribution in [0.1, 0.15) is 5.56 Å². The third-order valence-corrected chi connectivity index (χ3v) is 2.68. The molecule has 2 N–H and O–H groups in total. The van der Waals surface area contributed by atoms with Crippen LogP contribution in [0.25, 0.3) is 11.5 Å². The molecule has 1 aromatic carbocycles. The zero-order valence-corrected chi connectivity index (χ0v) is 9.50. The van der Waals surface area contributed by atoms with Crippen molar-refractivity contribution >= 4 is 0 Å². The molecule has 18 heavy (non-hydrogen) atoms. The Balaban J connectivity index is 2.02. The molecule has 90 valence electrons. The highest BCUT2D eigenvalue weighted by Gasteiger charge is 2.11. The van der Waals surface area contributed by atoms with E-state index in [0.29, 0.717) is 18.1 Å². The summed E-state index contributed by atoms with van der Waals surface area (Å²) in [4.78, 5) is 11.8. The maximum Gasteiger partial charge on any atom is 0.343 e. The molecule has 6 heteroatoms. The molecular formula is C12H11N5O. The first kappa shape index (κ1) is 10.5. The van der Waals surface area contributed by atoms with Crippen molar-refractivity contribution in [1.29, 1.82) is 0 Å². The third-order valence-electron chi connectivity index (χ3n) is 2.68. The maximum atomic E-state index is 11.8. The van der Waals surface area contributed by atoms with Gasteiger partial charge in [-0.05, 0) is 11.6 Å². The topological polar surface area (TPSA) is 79.4 Å². The van der Waals surface area contributed by atoms with Crippen LogP contribution in [0.5, 0.6) is 0 Å². The van der Waals surface area contributed by atoms with Gasteiger partial charge in [-0.2, -0.15) is 10.2 Å². The molecule has 0 saturated heterocycles. The van der Waals surface area contributed by atoms with Crippen molar-refractivity contribution in [2.75, 3.05) is 0 Å². The Hall–Kier alpha value is -2.63. The molecule has 2 aromatic heterocycles. The number of aromatic nitrogens is 5. The summed E-state index contributed by atoms with van der Waals surface area (Å²) in [7, 11) is 0. The lowest BCUT2D eigenvalue weighted by molar-refractivity contribution is 0.766. The summed E-state index contributed by atoms with van der Waals surface area (Å²) in [5.41, 5.74) is 1.52. The lowest BCUT2D eigenvalue weighted by Gasteiger charge is -2.04. The van der Waals surface area contributed by atoms with Crippen molar-refractivity contribution in [3.8, 4) is 11.5 Å². The number of aromatic amines is 2. The Labute approximate surface area is 102 Å². The highest BCUT2D eigenvalue weighted by atomic mass is 16.1. The zero-order valence-electron chi connectivity index (χ0n) is 9.50. The normalized spacial score (nSPS) is 10.7. The van der Waals surface area contributed by atoms with E-state index in [1.807, 2.05) is 30.3 Å². The Morgan fingerprint density at radius 1 is 1.11 bits per heavy atom. The molecule has 0 aliphatic rings. The van der Waals surface area contributed by atoms with Crippen LogP contribution in [0.2, 0.25) is 0 Å². The second-order valence-corrected chi connectivity index (χ2v) is 3.89. The van der Waals surface area contributed by atoms with Crippen LogP contribution < -0.4 is 5.69 Å². The van der Waals surface area contributed by atoms with Gasteiger partial charge in [-0.15, -0.1) is 0 Å². The van der Waals surface area contributed by atoms with Crippen molar-refractivity contribution in [1.82, 2.24) is 25.0 Å². The monoisotopic (exact) mass is 241 g/mol. The lowest BCUT2D eigenvalue weighted by atomic mass is 10.2. The molecule has 0 fully saturated rings. The van der Waals surface area contributed by atoms with E-state index < -0.39 is 0 Å². The second-order valence-electron chi connectivity index (χ2n) is 3.89. The maximum absolute atomic E-state index is 11.8. The molecule has 2 heterocycles. The van der Waals surface area contributed by atoms with Gasteiger partial charge in [-0.3, -0.25) is 9.67 Å². The van der Waals surface area contributed by atoms with E-state index in [1.165, 1.54) is 0 Å². The molecule has 0 aliphatic carbocycles. The van der Waals surface area contributed by atoms with E-state index in [-0.39, 0.29) is 5.69 Å². The summed E-state index contributed by atoms with van der Waals surface area (Å²) in [6, 6.07) is 11.5. The third kappa shape index (κ3) is 1.84. The van der Waals surface area contributed by atoms with Gasteiger partial charge in [0.15, 0.2) is 5.82 Å². The summed E-state index contributed by atoms with van der Waals surface area (Å²) < 4.78 is 1.57. The van der Waals surface area contributed by atoms with E-state index in [0.717, 1.165) is 5.56 Å². The van der Waals surface area contributed by atoms with Crippen LogP contribution in [0, 0.1) is 0 Å². The first-order chi connectivity index (χ1) is 8.84. The molecule has 0 bridgehead atoms. The van der Waals surface area contributed by atoms with Gasteiger partial charge in [-0.1, -0.05) is 30.3 Å². The number of H-pyrrole nitrogens is 2. The predicted octanol–water partition coefficient (Wildman–Crippen LogP) is 1.01. The fraction of sp³-hybridized carbons (Fsp3) is 0.0833. The molecule has 6 nitrogen and oxygen atoms in total. The van der Waals surface area contributed by atoms with E-state index in [9.17, 15) is 4.79 Å². The zero-order chi connectivity index (χ0) is 12.4. The average molecular weight is 241 g/mol. The van der Waals surface area contributed by atoms with Gasteiger partial charge >= 0.3 is 5.69 Å². The predicted molar refractivity (Wildman–Crippen MR) is 66.0 cm³/mol. The minimum absolute atomic E-state index is 0.233. The first-order valence-corrected chi connectivity index (χ1v) is 5.53. The van der Waals surface area contributed by atoms with Gasteiger partial charge in [0.05, 0.1) is 6.54 Å². The number of nitrogens with one attached hydrogen (secondary N) is 2. The van der Waals surface area contributed by atoms with Crippen LogP contribution in [0.3, 0.4) is 0 Å². The van der Waals surface area contributed by atoms with Gasteiger partial charge in [0.1, 0.15) is 5.69 Å². The lowest BCUT2D eigenvalue weighted by Crippen LogP contribution is -2.18. The Kier molecular flexibility index (Phi) is 2.53. The number of benzene rings is 1. The first-order valence-electron chi connectivity index (χ1n) is 5.53. The standard InChI is InChI=1S/C12H11N5O/c18-12-16-15-11(10-6-7-13-14-10)17(12)8-9-4-2-1-3-5-9/h1-7H,8H2,(H,13,14)(H,16,18). The summed E-state index contributed by atoms with van der Waals surface area (Å²) >= 11 is 0. The van der Waals surface area contributed by atoms with Crippen molar-refractivity contribution in [3.63, 3.8) is 0 Å². The van der Waals surface area contributed by atoms with E-state index >= 15 is 0 Å². The Morgan fingerprint density at radius 3 is 2.67 bits per heavy atom. The fourth-order valence-corrected chi connectivity index (χ4v) is 1.82. The summed E-state index contributed by atoms with van der Waals surface area (Å²) in [5, 5.41) is 13.1. The van der Waals surface area contributed by atoms with E-state index in [1.54, 1.807) is 16.8 Å². The van der Waals surface area contributed by atoms with E-state index in [2.05, 4.69) is 20.4 Å². The molecule has 3 rings (SSSR count). The number of rotatable bonds is 3. The molecule has 0 amide bonds. The number of hydrogen-bond donors (Lipinski definition) is 2. The van der Waals surface area contributed by atoms with Crippen LogP contribution in [0.4, 0.5) is 0 Å². The molecule has 0 radical (unpaired) electrons. The highest BCUT2D eigenvalue weighted by molar-refractivity contribution is 5.47. The molecule has 3 aromatic rings. The smallest absolute Gasteiger partial charge is 0.275 e. The molecule has 0 aliphatic heterocycles. The molecule has 0 unspecified atom stereocenters. The van der Waals surface area contributed by atoms with Crippen LogP contribution in [-0.2, 0) is 6.54 Å². The van der Waals surface area contributed by atoms with Gasteiger partial charge < -0.3 is 0 Å². The van der Waals surface area contributed by atoms with Gasteiger partial charge in [-0.25, -0.2) is 9.89 Å². The van der Waals surface area contributed by atoms with Crippen molar-refractivity contribution in [2.24, 2.45) is 0 Å². The van der Waals surface area contributed by atoms with E-state index in [4.69, 9.17) is 0 Å². The Morgan fingerprint density at radius 2 is 1.94 bits per heavy atom. The molecular weight excluding hydrogens is 230 g/mol. The minimum atomic E-state index is -0.233. The minimum Gasteiger partial charge on any atom is -0.275 e. The summed E-state index contributed by atoms with van der Waals surface area (Å²) in [6.07, 6.45) is 1.63. The van der Waals surface area contributed by atoms with Gasteiger partial charge in [0.25, 0.3) is 0 Å². The van der Waals surface area contributed by atoms with Crippen molar-refractivity contribution in [2.45, 2.75) is 6.54 Å².